The second-order valence-corrected chi connectivity index (χ2v) is 8.64. The maximum atomic E-state index is 13.8. The molecule has 0 fully saturated rings. The largest absolute Gasteiger partial charge is 0.497 e. The van der Waals surface area contributed by atoms with Crippen molar-refractivity contribution in [3.63, 3.8) is 0 Å². The van der Waals surface area contributed by atoms with Crippen molar-refractivity contribution in [1.29, 1.82) is 0 Å². The Bertz CT molecular complexity index is 1490. The van der Waals surface area contributed by atoms with E-state index >= 15 is 0 Å². The molecule has 1 aliphatic heterocycles. The summed E-state index contributed by atoms with van der Waals surface area (Å²) in [5, 5.41) is 0.681. The molecule has 8 heteroatoms. The summed E-state index contributed by atoms with van der Waals surface area (Å²) < 4.78 is 27.8. The number of rotatable bonds is 7. The highest BCUT2D eigenvalue weighted by molar-refractivity contribution is 5.97. The molecule has 0 N–H and O–H groups in total. The zero-order chi connectivity index (χ0) is 25.9. The van der Waals surface area contributed by atoms with Gasteiger partial charge in [0.2, 0.25) is 0 Å². The molecule has 1 aromatic heterocycles. The van der Waals surface area contributed by atoms with Crippen molar-refractivity contribution in [2.45, 2.75) is 12.5 Å². The molecule has 3 aromatic carbocycles. The van der Waals surface area contributed by atoms with E-state index in [4.69, 9.17) is 23.4 Å². The number of para-hydroxylation sites is 1. The van der Waals surface area contributed by atoms with Crippen LogP contribution in [-0.2, 0) is 6.42 Å². The third-order valence-electron chi connectivity index (χ3n) is 6.60. The standard InChI is InChI=1S/C29H27NO7/c1-33-20-8-10-21(11-9-20)36-17-24-22-16-27(35-3)26(34-2)15-18(22)12-13-30(24)28(31)23-14-19-6-4-5-7-25(19)37-29(23)32/h4-11,14-16,24H,12-13,17H2,1-3H3. The van der Waals surface area contributed by atoms with Crippen LogP contribution in [-0.4, -0.2) is 45.3 Å². The van der Waals surface area contributed by atoms with Crippen LogP contribution in [0.4, 0.5) is 0 Å². The lowest BCUT2D eigenvalue weighted by molar-refractivity contribution is 0.0585. The lowest BCUT2D eigenvalue weighted by atomic mass is 9.91. The summed E-state index contributed by atoms with van der Waals surface area (Å²) in [5.41, 5.74) is 1.64. The predicted octanol–water partition coefficient (Wildman–Crippen LogP) is 4.64. The summed E-state index contributed by atoms with van der Waals surface area (Å²) >= 11 is 0. The molecule has 2 heterocycles. The first-order valence-corrected chi connectivity index (χ1v) is 11.9. The van der Waals surface area contributed by atoms with E-state index in [1.165, 1.54) is 0 Å². The summed E-state index contributed by atoms with van der Waals surface area (Å²) in [7, 11) is 4.76. The van der Waals surface area contributed by atoms with E-state index in [9.17, 15) is 9.59 Å². The minimum Gasteiger partial charge on any atom is -0.497 e. The molecule has 4 aromatic rings. The molecular weight excluding hydrogens is 474 g/mol. The average molecular weight is 502 g/mol. The van der Waals surface area contributed by atoms with Gasteiger partial charge in [0.05, 0.1) is 27.4 Å². The van der Waals surface area contributed by atoms with Gasteiger partial charge in [-0.05, 0) is 66.1 Å². The second-order valence-electron chi connectivity index (χ2n) is 8.64. The van der Waals surface area contributed by atoms with Crippen LogP contribution in [0.5, 0.6) is 23.0 Å². The Labute approximate surface area is 213 Å². The van der Waals surface area contributed by atoms with Gasteiger partial charge in [-0.2, -0.15) is 0 Å². The molecule has 1 aliphatic rings. The van der Waals surface area contributed by atoms with Crippen LogP contribution in [0.2, 0.25) is 0 Å². The Hall–Kier alpha value is -4.46. The maximum absolute atomic E-state index is 13.8. The van der Waals surface area contributed by atoms with Crippen LogP contribution in [0.3, 0.4) is 0 Å². The number of carbonyl (C=O) groups excluding carboxylic acids is 1. The molecule has 0 saturated carbocycles. The third kappa shape index (κ3) is 4.70. The highest BCUT2D eigenvalue weighted by Crippen LogP contribution is 2.39. The molecule has 0 spiro atoms. The van der Waals surface area contributed by atoms with E-state index in [1.807, 2.05) is 24.3 Å². The Kier molecular flexibility index (Phi) is 6.72. The van der Waals surface area contributed by atoms with Gasteiger partial charge in [0.1, 0.15) is 29.3 Å². The second kappa shape index (κ2) is 10.3. The number of benzene rings is 3. The summed E-state index contributed by atoms with van der Waals surface area (Å²) in [5.74, 6) is 2.10. The van der Waals surface area contributed by atoms with Gasteiger partial charge < -0.3 is 28.3 Å². The monoisotopic (exact) mass is 501 g/mol. The van der Waals surface area contributed by atoms with Crippen LogP contribution < -0.4 is 24.6 Å². The van der Waals surface area contributed by atoms with Gasteiger partial charge in [0.25, 0.3) is 5.91 Å². The van der Waals surface area contributed by atoms with Gasteiger partial charge >= 0.3 is 5.63 Å². The van der Waals surface area contributed by atoms with E-state index < -0.39 is 17.6 Å². The number of amides is 1. The molecule has 0 radical (unpaired) electrons. The Balaban J connectivity index is 1.53. The van der Waals surface area contributed by atoms with E-state index in [0.717, 1.165) is 11.1 Å². The summed E-state index contributed by atoms with van der Waals surface area (Å²) in [4.78, 5) is 28.3. The first kappa shape index (κ1) is 24.2. The molecular formula is C29H27NO7. The van der Waals surface area contributed by atoms with Crippen molar-refractivity contribution in [3.8, 4) is 23.0 Å². The van der Waals surface area contributed by atoms with Crippen molar-refractivity contribution in [2.75, 3.05) is 34.5 Å². The molecule has 5 rings (SSSR count). The highest BCUT2D eigenvalue weighted by Gasteiger charge is 2.34. The zero-order valence-electron chi connectivity index (χ0n) is 20.9. The molecule has 8 nitrogen and oxygen atoms in total. The molecule has 1 amide bonds. The smallest absolute Gasteiger partial charge is 0.349 e. The van der Waals surface area contributed by atoms with Crippen LogP contribution in [0.15, 0.2) is 75.9 Å². The van der Waals surface area contributed by atoms with E-state index in [2.05, 4.69) is 0 Å². The van der Waals surface area contributed by atoms with Gasteiger partial charge in [-0.3, -0.25) is 4.79 Å². The highest BCUT2D eigenvalue weighted by atomic mass is 16.5. The Morgan fingerprint density at radius 2 is 1.62 bits per heavy atom. The number of fused-ring (bicyclic) bond motifs is 2. The first-order chi connectivity index (χ1) is 18.0. The van der Waals surface area contributed by atoms with Gasteiger partial charge in [-0.1, -0.05) is 18.2 Å². The minimum atomic E-state index is -0.670. The van der Waals surface area contributed by atoms with E-state index in [-0.39, 0.29) is 12.2 Å². The fraction of sp³-hybridized carbons (Fsp3) is 0.241. The summed E-state index contributed by atoms with van der Waals surface area (Å²) in [6, 6.07) is 19.3. The molecule has 0 bridgehead atoms. The van der Waals surface area contributed by atoms with Gasteiger partial charge in [0.15, 0.2) is 11.5 Å². The lowest BCUT2D eigenvalue weighted by Crippen LogP contribution is -2.44. The first-order valence-electron chi connectivity index (χ1n) is 11.9. The molecule has 0 aliphatic carbocycles. The predicted molar refractivity (Wildman–Crippen MR) is 138 cm³/mol. The molecule has 37 heavy (non-hydrogen) atoms. The van der Waals surface area contributed by atoms with Crippen molar-refractivity contribution in [3.05, 3.63) is 93.8 Å². The van der Waals surface area contributed by atoms with Crippen LogP contribution in [0.25, 0.3) is 11.0 Å². The Morgan fingerprint density at radius 1 is 0.919 bits per heavy atom. The van der Waals surface area contributed by atoms with Gasteiger partial charge in [-0.15, -0.1) is 0 Å². The topological polar surface area (TPSA) is 87.4 Å². The number of carbonyl (C=O) groups is 1. The van der Waals surface area contributed by atoms with Crippen molar-refractivity contribution < 1.29 is 28.2 Å². The SMILES string of the molecule is COc1ccc(OCC2c3cc(OC)c(OC)cc3CCN2C(=O)c2cc3ccccc3oc2=O)cc1. The fourth-order valence-corrected chi connectivity index (χ4v) is 4.66. The van der Waals surface area contributed by atoms with Crippen molar-refractivity contribution in [1.82, 2.24) is 4.90 Å². The van der Waals surface area contributed by atoms with Crippen molar-refractivity contribution in [2.24, 2.45) is 0 Å². The van der Waals surface area contributed by atoms with Crippen LogP contribution in [0, 0.1) is 0 Å². The van der Waals surface area contributed by atoms with E-state index in [0.29, 0.717) is 46.9 Å². The number of methoxy groups -OCH3 is 3. The molecule has 0 saturated heterocycles. The number of nitrogens with zero attached hydrogens (tertiary/aromatic N) is 1. The zero-order valence-corrected chi connectivity index (χ0v) is 20.9. The summed E-state index contributed by atoms with van der Waals surface area (Å²) in [6.07, 6.45) is 0.583. The third-order valence-corrected chi connectivity index (χ3v) is 6.60. The number of hydrogen-bond acceptors (Lipinski definition) is 7. The van der Waals surface area contributed by atoms with Gasteiger partial charge in [0, 0.05) is 11.9 Å². The number of ether oxygens (including phenoxy) is 4. The lowest BCUT2D eigenvalue weighted by Gasteiger charge is -2.37. The maximum Gasteiger partial charge on any atom is 0.349 e. The molecule has 1 atom stereocenters. The van der Waals surface area contributed by atoms with E-state index in [1.54, 1.807) is 68.7 Å². The van der Waals surface area contributed by atoms with Crippen LogP contribution in [0.1, 0.15) is 27.5 Å². The Morgan fingerprint density at radius 3 is 2.35 bits per heavy atom. The quantitative estimate of drug-likeness (QED) is 0.341. The van der Waals surface area contributed by atoms with Crippen molar-refractivity contribution >= 4 is 16.9 Å². The fourth-order valence-electron chi connectivity index (χ4n) is 4.66. The molecule has 1 unspecified atom stereocenters. The normalized spacial score (nSPS) is 14.7. The summed E-state index contributed by atoms with van der Waals surface area (Å²) in [6.45, 7) is 0.559. The number of hydrogen-bond donors (Lipinski definition) is 0. The van der Waals surface area contributed by atoms with Gasteiger partial charge in [-0.25, -0.2) is 4.79 Å². The molecule has 190 valence electrons. The minimum absolute atomic E-state index is 0.0166. The van der Waals surface area contributed by atoms with Crippen LogP contribution >= 0.6 is 0 Å². The average Bonchev–Trinajstić information content (AvgIpc) is 2.94.